The summed E-state index contributed by atoms with van der Waals surface area (Å²) in [6, 6.07) is 5.97. The van der Waals surface area contributed by atoms with Crippen LogP contribution in [0.5, 0.6) is 0 Å². The average Bonchev–Trinajstić information content (AvgIpc) is 2.29. The molecule has 0 atom stereocenters. The Morgan fingerprint density at radius 2 is 2.00 bits per heavy atom. The Labute approximate surface area is 71.0 Å². The van der Waals surface area contributed by atoms with Crippen LogP contribution in [0.1, 0.15) is 11.1 Å². The van der Waals surface area contributed by atoms with Crippen LogP contribution in [0.3, 0.4) is 0 Å². The quantitative estimate of drug-likeness (QED) is 0.645. The minimum absolute atomic E-state index is 0.527. The van der Waals surface area contributed by atoms with Crippen LogP contribution >= 0.6 is 0 Å². The number of aryl methyl sites for hydroxylation is 2. The van der Waals surface area contributed by atoms with E-state index in [1.807, 2.05) is 19.1 Å². The molecule has 0 amide bonds. The molecule has 2 heteroatoms. The molecule has 1 aromatic heterocycles. The molecule has 2 rings (SSSR count). The van der Waals surface area contributed by atoms with E-state index in [0.717, 1.165) is 16.5 Å². The van der Waals surface area contributed by atoms with Crippen molar-refractivity contribution >= 4 is 16.9 Å². The molecule has 2 nitrogen and oxygen atoms in total. The van der Waals surface area contributed by atoms with E-state index in [9.17, 15) is 0 Å². The van der Waals surface area contributed by atoms with Crippen LogP contribution in [-0.4, -0.2) is 0 Å². The van der Waals surface area contributed by atoms with Gasteiger partial charge in [-0.3, -0.25) is 0 Å². The van der Waals surface area contributed by atoms with Gasteiger partial charge in [-0.2, -0.15) is 0 Å². The third kappa shape index (κ3) is 0.811. The van der Waals surface area contributed by atoms with E-state index in [1.54, 1.807) is 0 Å². The van der Waals surface area contributed by atoms with Gasteiger partial charge >= 0.3 is 0 Å². The van der Waals surface area contributed by atoms with Gasteiger partial charge in [-0.05, 0) is 25.5 Å². The zero-order chi connectivity index (χ0) is 8.72. The second-order valence-electron chi connectivity index (χ2n) is 3.04. The number of rotatable bonds is 0. The lowest BCUT2D eigenvalue weighted by atomic mass is 10.1. The van der Waals surface area contributed by atoms with Crippen molar-refractivity contribution in [3.8, 4) is 0 Å². The lowest BCUT2D eigenvalue weighted by Gasteiger charge is -1.93. The molecule has 1 heterocycles. The molecule has 0 aliphatic rings. The van der Waals surface area contributed by atoms with E-state index in [2.05, 4.69) is 13.0 Å². The van der Waals surface area contributed by atoms with Crippen LogP contribution < -0.4 is 5.73 Å². The van der Waals surface area contributed by atoms with Crippen LogP contribution in [0.15, 0.2) is 22.6 Å². The molecule has 0 spiro atoms. The molecule has 0 saturated heterocycles. The summed E-state index contributed by atoms with van der Waals surface area (Å²) in [6.45, 7) is 4.04. The van der Waals surface area contributed by atoms with E-state index in [0.29, 0.717) is 5.88 Å². The van der Waals surface area contributed by atoms with E-state index in [-0.39, 0.29) is 0 Å². The molecule has 2 N–H and O–H groups in total. The first kappa shape index (κ1) is 7.22. The van der Waals surface area contributed by atoms with E-state index >= 15 is 0 Å². The Hall–Kier alpha value is -1.44. The number of furan rings is 1. The number of anilines is 1. The second kappa shape index (κ2) is 2.27. The van der Waals surface area contributed by atoms with Gasteiger partial charge < -0.3 is 10.2 Å². The summed E-state index contributed by atoms with van der Waals surface area (Å²) in [7, 11) is 0. The van der Waals surface area contributed by atoms with Crippen LogP contribution in [0.25, 0.3) is 11.0 Å². The van der Waals surface area contributed by atoms with Crippen molar-refractivity contribution in [3.63, 3.8) is 0 Å². The highest BCUT2D eigenvalue weighted by molar-refractivity contribution is 5.87. The van der Waals surface area contributed by atoms with Gasteiger partial charge in [-0.25, -0.2) is 0 Å². The minimum Gasteiger partial charge on any atom is -0.441 e. The Morgan fingerprint density at radius 1 is 1.25 bits per heavy atom. The topological polar surface area (TPSA) is 39.2 Å². The maximum atomic E-state index is 5.65. The van der Waals surface area contributed by atoms with E-state index in [1.165, 1.54) is 5.56 Å². The fourth-order valence-electron chi connectivity index (χ4n) is 1.52. The minimum atomic E-state index is 0.527. The summed E-state index contributed by atoms with van der Waals surface area (Å²) >= 11 is 0. The van der Waals surface area contributed by atoms with Gasteiger partial charge in [0.1, 0.15) is 5.58 Å². The number of benzene rings is 1. The van der Waals surface area contributed by atoms with Gasteiger partial charge in [0, 0.05) is 10.9 Å². The van der Waals surface area contributed by atoms with Gasteiger partial charge in [0.05, 0.1) is 0 Å². The fourth-order valence-corrected chi connectivity index (χ4v) is 1.52. The predicted octanol–water partition coefficient (Wildman–Crippen LogP) is 2.63. The summed E-state index contributed by atoms with van der Waals surface area (Å²) in [5.74, 6) is 0.527. The highest BCUT2D eigenvalue weighted by Crippen LogP contribution is 2.28. The Kier molecular flexibility index (Phi) is 1.37. The molecule has 12 heavy (non-hydrogen) atoms. The normalized spacial score (nSPS) is 10.8. The van der Waals surface area contributed by atoms with Crippen molar-refractivity contribution < 1.29 is 4.42 Å². The smallest absolute Gasteiger partial charge is 0.194 e. The Morgan fingerprint density at radius 3 is 2.67 bits per heavy atom. The first-order chi connectivity index (χ1) is 5.70. The molecule has 2 aromatic rings. The third-order valence-corrected chi connectivity index (χ3v) is 2.20. The van der Waals surface area contributed by atoms with E-state index < -0.39 is 0 Å². The number of hydrogen-bond acceptors (Lipinski definition) is 2. The Balaban J connectivity index is 2.97. The monoisotopic (exact) mass is 161 g/mol. The maximum absolute atomic E-state index is 5.65. The van der Waals surface area contributed by atoms with Crippen LogP contribution in [0, 0.1) is 13.8 Å². The highest BCUT2D eigenvalue weighted by Gasteiger charge is 2.08. The van der Waals surface area contributed by atoms with Crippen molar-refractivity contribution in [2.75, 3.05) is 5.73 Å². The molecule has 0 fully saturated rings. The summed E-state index contributed by atoms with van der Waals surface area (Å²) in [6.07, 6.45) is 0. The van der Waals surface area contributed by atoms with Gasteiger partial charge in [-0.1, -0.05) is 12.1 Å². The third-order valence-electron chi connectivity index (χ3n) is 2.20. The molecular weight excluding hydrogens is 150 g/mol. The van der Waals surface area contributed by atoms with Crippen LogP contribution in [0.2, 0.25) is 0 Å². The number of nitrogen functional groups attached to an aromatic ring is 1. The second-order valence-corrected chi connectivity index (χ2v) is 3.04. The summed E-state index contributed by atoms with van der Waals surface area (Å²) < 4.78 is 5.36. The molecule has 0 bridgehead atoms. The van der Waals surface area contributed by atoms with Crippen LogP contribution in [0.4, 0.5) is 5.88 Å². The zero-order valence-corrected chi connectivity index (χ0v) is 7.22. The number of nitrogens with two attached hydrogens (primary N) is 1. The molecule has 0 aliphatic heterocycles. The summed E-state index contributed by atoms with van der Waals surface area (Å²) in [5.41, 5.74) is 8.79. The highest BCUT2D eigenvalue weighted by atomic mass is 16.3. The van der Waals surface area contributed by atoms with Gasteiger partial charge in [0.15, 0.2) is 5.88 Å². The molecular formula is C10H11NO. The first-order valence-corrected chi connectivity index (χ1v) is 3.94. The lowest BCUT2D eigenvalue weighted by molar-refractivity contribution is 0.635. The molecule has 62 valence electrons. The summed E-state index contributed by atoms with van der Waals surface area (Å²) in [5, 5.41) is 1.15. The van der Waals surface area contributed by atoms with Crippen molar-refractivity contribution in [3.05, 3.63) is 29.3 Å². The number of hydrogen-bond donors (Lipinski definition) is 1. The van der Waals surface area contributed by atoms with Crippen molar-refractivity contribution in [2.24, 2.45) is 0 Å². The van der Waals surface area contributed by atoms with Gasteiger partial charge in [-0.15, -0.1) is 0 Å². The molecule has 0 aliphatic carbocycles. The van der Waals surface area contributed by atoms with Crippen molar-refractivity contribution in [2.45, 2.75) is 13.8 Å². The first-order valence-electron chi connectivity index (χ1n) is 3.94. The van der Waals surface area contributed by atoms with E-state index in [4.69, 9.17) is 10.2 Å². The molecule has 1 aromatic carbocycles. The van der Waals surface area contributed by atoms with Crippen molar-refractivity contribution in [1.29, 1.82) is 0 Å². The fraction of sp³-hybridized carbons (Fsp3) is 0.200. The van der Waals surface area contributed by atoms with Crippen LogP contribution in [-0.2, 0) is 0 Å². The molecule has 0 radical (unpaired) electrons. The maximum Gasteiger partial charge on any atom is 0.194 e. The van der Waals surface area contributed by atoms with Gasteiger partial charge in [0.25, 0.3) is 0 Å². The molecule has 0 saturated carbocycles. The van der Waals surface area contributed by atoms with Gasteiger partial charge in [0.2, 0.25) is 0 Å². The SMILES string of the molecule is Cc1cccc2oc(N)c(C)c12. The zero-order valence-electron chi connectivity index (χ0n) is 7.22. The summed E-state index contributed by atoms with van der Waals surface area (Å²) in [4.78, 5) is 0. The largest absolute Gasteiger partial charge is 0.441 e. The van der Waals surface area contributed by atoms with Crippen molar-refractivity contribution in [1.82, 2.24) is 0 Å². The predicted molar refractivity (Wildman–Crippen MR) is 50.1 cm³/mol. The molecule has 0 unspecified atom stereocenters. The number of fused-ring (bicyclic) bond motifs is 1. The standard InChI is InChI=1S/C10H11NO/c1-6-4-3-5-8-9(6)7(2)10(11)12-8/h3-5H,11H2,1-2H3. The lowest BCUT2D eigenvalue weighted by Crippen LogP contribution is -1.82. The average molecular weight is 161 g/mol. The Bertz CT molecular complexity index is 429.